The van der Waals surface area contributed by atoms with Crippen LogP contribution >= 0.6 is 27.3 Å². The van der Waals surface area contributed by atoms with E-state index in [1.54, 1.807) is 25.4 Å². The number of halogens is 1. The van der Waals surface area contributed by atoms with Crippen molar-refractivity contribution in [3.8, 4) is 0 Å². The third kappa shape index (κ3) is 3.08. The summed E-state index contributed by atoms with van der Waals surface area (Å²) in [5, 5.41) is 0. The number of carbonyl (C=O) groups is 1. The normalized spacial score (nSPS) is 12.6. The summed E-state index contributed by atoms with van der Waals surface area (Å²) in [6, 6.07) is 3.51. The van der Waals surface area contributed by atoms with Crippen LogP contribution in [-0.4, -0.2) is 30.9 Å². The first-order valence-corrected chi connectivity index (χ1v) is 5.82. The Morgan fingerprint density at radius 2 is 2.29 bits per heavy atom. The largest absolute Gasteiger partial charge is 0.347 e. The lowest BCUT2D eigenvalue weighted by molar-refractivity contribution is -0.130. The van der Waals surface area contributed by atoms with Crippen molar-refractivity contribution < 1.29 is 4.79 Å². The minimum atomic E-state index is -0.435. The highest BCUT2D eigenvalue weighted by Crippen LogP contribution is 2.22. The Morgan fingerprint density at radius 3 is 2.71 bits per heavy atom. The van der Waals surface area contributed by atoms with E-state index >= 15 is 0 Å². The number of likely N-dealkylation sites (N-methyl/N-ethyl adjacent to an activating group) is 1. The van der Waals surface area contributed by atoms with Crippen LogP contribution in [0.2, 0.25) is 0 Å². The van der Waals surface area contributed by atoms with E-state index in [2.05, 4.69) is 15.9 Å². The average Bonchev–Trinajstić information content (AvgIpc) is 2.49. The topological polar surface area (TPSA) is 46.3 Å². The molecule has 0 aliphatic heterocycles. The molecule has 0 bridgehead atoms. The van der Waals surface area contributed by atoms with Crippen LogP contribution in [0.5, 0.6) is 0 Å². The van der Waals surface area contributed by atoms with Crippen LogP contribution in [0.3, 0.4) is 0 Å². The summed E-state index contributed by atoms with van der Waals surface area (Å²) in [5.41, 5.74) is 5.76. The van der Waals surface area contributed by atoms with Gasteiger partial charge in [0.1, 0.15) is 0 Å². The standard InChI is InChI=1S/C9H13BrN2OS/c1-12(2)9(13)7(11)5-6-3-4-8(10)14-6/h3-4,7H,5,11H2,1-2H3. The van der Waals surface area contributed by atoms with Crippen molar-refractivity contribution in [3.63, 3.8) is 0 Å². The van der Waals surface area contributed by atoms with Crippen LogP contribution in [0.15, 0.2) is 15.9 Å². The van der Waals surface area contributed by atoms with Gasteiger partial charge in [0.25, 0.3) is 0 Å². The maximum Gasteiger partial charge on any atom is 0.239 e. The molecule has 1 atom stereocenters. The number of nitrogens with two attached hydrogens (primary N) is 1. The quantitative estimate of drug-likeness (QED) is 0.909. The van der Waals surface area contributed by atoms with Crippen molar-refractivity contribution in [1.29, 1.82) is 0 Å². The summed E-state index contributed by atoms with van der Waals surface area (Å²) in [5.74, 6) is -0.0328. The first-order valence-electron chi connectivity index (χ1n) is 4.21. The molecule has 0 radical (unpaired) electrons. The molecule has 0 saturated carbocycles. The Labute approximate surface area is 96.0 Å². The SMILES string of the molecule is CN(C)C(=O)C(N)Cc1ccc(Br)s1. The van der Waals surface area contributed by atoms with E-state index in [4.69, 9.17) is 5.73 Å². The van der Waals surface area contributed by atoms with Crippen LogP contribution in [0.4, 0.5) is 0 Å². The maximum atomic E-state index is 11.4. The van der Waals surface area contributed by atoms with E-state index in [1.165, 1.54) is 4.90 Å². The van der Waals surface area contributed by atoms with Crippen LogP contribution in [0, 0.1) is 0 Å². The van der Waals surface area contributed by atoms with Gasteiger partial charge in [-0.15, -0.1) is 11.3 Å². The van der Waals surface area contributed by atoms with E-state index in [0.29, 0.717) is 6.42 Å². The molecule has 0 aliphatic carbocycles. The highest BCUT2D eigenvalue weighted by atomic mass is 79.9. The molecule has 1 heterocycles. The first kappa shape index (κ1) is 11.7. The molecule has 0 fully saturated rings. The minimum absolute atomic E-state index is 0.0328. The summed E-state index contributed by atoms with van der Waals surface area (Å²) >= 11 is 4.98. The van der Waals surface area contributed by atoms with Crippen LogP contribution in [-0.2, 0) is 11.2 Å². The van der Waals surface area contributed by atoms with Crippen LogP contribution in [0.25, 0.3) is 0 Å². The van der Waals surface area contributed by atoms with Crippen molar-refractivity contribution in [1.82, 2.24) is 4.90 Å². The second-order valence-electron chi connectivity index (χ2n) is 3.25. The summed E-state index contributed by atoms with van der Waals surface area (Å²) in [6.45, 7) is 0. The molecule has 0 aliphatic rings. The van der Waals surface area contributed by atoms with Gasteiger partial charge < -0.3 is 10.6 Å². The Morgan fingerprint density at radius 1 is 1.64 bits per heavy atom. The van der Waals surface area contributed by atoms with Gasteiger partial charge in [-0.25, -0.2) is 0 Å². The van der Waals surface area contributed by atoms with Gasteiger partial charge in [0.05, 0.1) is 9.83 Å². The Hall–Kier alpha value is -0.390. The van der Waals surface area contributed by atoms with E-state index in [9.17, 15) is 4.79 Å². The zero-order chi connectivity index (χ0) is 10.7. The number of rotatable bonds is 3. The monoisotopic (exact) mass is 276 g/mol. The minimum Gasteiger partial charge on any atom is -0.347 e. The number of carbonyl (C=O) groups excluding carboxylic acids is 1. The van der Waals surface area contributed by atoms with E-state index in [1.807, 2.05) is 12.1 Å². The molecule has 1 amide bonds. The van der Waals surface area contributed by atoms with Gasteiger partial charge in [-0.1, -0.05) is 0 Å². The molecule has 78 valence electrons. The van der Waals surface area contributed by atoms with E-state index < -0.39 is 6.04 Å². The van der Waals surface area contributed by atoms with Gasteiger partial charge in [0.15, 0.2) is 0 Å². The molecule has 3 nitrogen and oxygen atoms in total. The van der Waals surface area contributed by atoms with Crippen molar-refractivity contribution in [2.24, 2.45) is 5.73 Å². The number of hydrogen-bond donors (Lipinski definition) is 1. The van der Waals surface area contributed by atoms with E-state index in [0.717, 1.165) is 8.66 Å². The second kappa shape index (κ2) is 4.91. The molecule has 1 unspecified atom stereocenters. The van der Waals surface area contributed by atoms with Crippen molar-refractivity contribution >= 4 is 33.2 Å². The first-order chi connectivity index (χ1) is 6.50. The van der Waals surface area contributed by atoms with Gasteiger partial charge in [0, 0.05) is 25.4 Å². The molecule has 1 aromatic rings. The molecule has 1 aromatic heterocycles. The fraction of sp³-hybridized carbons (Fsp3) is 0.444. The summed E-state index contributed by atoms with van der Waals surface area (Å²) in [4.78, 5) is 14.1. The van der Waals surface area contributed by atoms with Crippen molar-refractivity contribution in [2.45, 2.75) is 12.5 Å². The smallest absolute Gasteiger partial charge is 0.239 e. The fourth-order valence-electron chi connectivity index (χ4n) is 1.10. The Balaban J connectivity index is 2.57. The number of nitrogens with zero attached hydrogens (tertiary/aromatic N) is 1. The third-order valence-electron chi connectivity index (χ3n) is 1.81. The predicted octanol–water partition coefficient (Wildman–Crippen LogP) is 1.47. The summed E-state index contributed by atoms with van der Waals surface area (Å²) in [7, 11) is 3.43. The fourth-order valence-corrected chi connectivity index (χ4v) is 2.64. The molecule has 0 spiro atoms. The third-order valence-corrected chi connectivity index (χ3v) is 3.45. The highest BCUT2D eigenvalue weighted by Gasteiger charge is 2.16. The van der Waals surface area contributed by atoms with E-state index in [-0.39, 0.29) is 5.91 Å². The number of thiophene rings is 1. The summed E-state index contributed by atoms with van der Waals surface area (Å²) < 4.78 is 1.07. The summed E-state index contributed by atoms with van der Waals surface area (Å²) in [6.07, 6.45) is 0.604. The molecule has 2 N–H and O–H groups in total. The molecule has 14 heavy (non-hydrogen) atoms. The number of hydrogen-bond acceptors (Lipinski definition) is 3. The van der Waals surface area contributed by atoms with Gasteiger partial charge in [-0.05, 0) is 28.1 Å². The lowest BCUT2D eigenvalue weighted by Gasteiger charge is -2.15. The van der Waals surface area contributed by atoms with Crippen LogP contribution < -0.4 is 5.73 Å². The predicted molar refractivity (Wildman–Crippen MR) is 62.4 cm³/mol. The molecular weight excluding hydrogens is 264 g/mol. The second-order valence-corrected chi connectivity index (χ2v) is 5.80. The molecule has 0 saturated heterocycles. The van der Waals surface area contributed by atoms with Crippen molar-refractivity contribution in [3.05, 3.63) is 20.8 Å². The number of amides is 1. The maximum absolute atomic E-state index is 11.4. The van der Waals surface area contributed by atoms with Gasteiger partial charge in [-0.2, -0.15) is 0 Å². The lowest BCUT2D eigenvalue weighted by atomic mass is 10.2. The Kier molecular flexibility index (Phi) is 4.10. The lowest BCUT2D eigenvalue weighted by Crippen LogP contribution is -2.41. The van der Waals surface area contributed by atoms with Gasteiger partial charge in [0.2, 0.25) is 5.91 Å². The average molecular weight is 277 g/mol. The molecule has 5 heteroatoms. The van der Waals surface area contributed by atoms with Gasteiger partial charge in [-0.3, -0.25) is 4.79 Å². The molecular formula is C9H13BrN2OS. The highest BCUT2D eigenvalue weighted by molar-refractivity contribution is 9.11. The molecule has 0 aromatic carbocycles. The molecule has 1 rings (SSSR count). The zero-order valence-electron chi connectivity index (χ0n) is 8.16. The van der Waals surface area contributed by atoms with Gasteiger partial charge >= 0.3 is 0 Å². The van der Waals surface area contributed by atoms with Crippen molar-refractivity contribution in [2.75, 3.05) is 14.1 Å². The zero-order valence-corrected chi connectivity index (χ0v) is 10.6. The Bertz CT molecular complexity index is 324. The van der Waals surface area contributed by atoms with Crippen LogP contribution in [0.1, 0.15) is 4.88 Å².